The molecule has 4 heteroatoms. The van der Waals surface area contributed by atoms with Crippen molar-refractivity contribution >= 4 is 22.7 Å². The molecular weight excluding hydrogens is 283 g/mol. The normalized spacial score (nSPS) is 12.7. The predicted octanol–water partition coefficient (Wildman–Crippen LogP) is 4.35. The Balaban J connectivity index is 1.95. The Kier molecular flexibility index (Phi) is 3.99. The van der Waals surface area contributed by atoms with Gasteiger partial charge in [-0.2, -0.15) is 0 Å². The van der Waals surface area contributed by atoms with Crippen molar-refractivity contribution in [1.29, 1.82) is 0 Å². The van der Waals surface area contributed by atoms with Crippen LogP contribution in [0.4, 0.5) is 4.39 Å². The van der Waals surface area contributed by atoms with Gasteiger partial charge in [-0.15, -0.1) is 0 Å². The molecule has 1 heterocycles. The highest BCUT2D eigenvalue weighted by molar-refractivity contribution is 7.99. The fourth-order valence-electron chi connectivity index (χ4n) is 2.37. The molecule has 0 bridgehead atoms. The van der Waals surface area contributed by atoms with Crippen molar-refractivity contribution < 1.29 is 4.39 Å². The van der Waals surface area contributed by atoms with Crippen LogP contribution in [0.1, 0.15) is 12.5 Å². The van der Waals surface area contributed by atoms with E-state index in [2.05, 4.69) is 17.1 Å². The van der Waals surface area contributed by atoms with E-state index in [9.17, 15) is 4.39 Å². The van der Waals surface area contributed by atoms with Crippen molar-refractivity contribution in [2.75, 3.05) is 0 Å². The number of nitrogens with one attached hydrogen (secondary N) is 1. The maximum atomic E-state index is 14.0. The highest BCUT2D eigenvalue weighted by atomic mass is 32.2. The van der Waals surface area contributed by atoms with E-state index >= 15 is 0 Å². The van der Waals surface area contributed by atoms with Crippen molar-refractivity contribution in [3.63, 3.8) is 0 Å². The minimum absolute atomic E-state index is 0.0658. The molecule has 0 radical (unpaired) electrons. The van der Waals surface area contributed by atoms with E-state index in [1.165, 1.54) is 6.07 Å². The molecule has 1 aromatic heterocycles. The van der Waals surface area contributed by atoms with Crippen LogP contribution in [0.3, 0.4) is 0 Å². The summed E-state index contributed by atoms with van der Waals surface area (Å²) in [6.07, 6.45) is 0.537. The first kappa shape index (κ1) is 14.2. The van der Waals surface area contributed by atoms with E-state index in [1.807, 2.05) is 31.2 Å². The first-order chi connectivity index (χ1) is 10.1. The number of aromatic nitrogens is 1. The molecule has 0 aliphatic rings. The second-order valence-electron chi connectivity index (χ2n) is 5.22. The Morgan fingerprint density at radius 3 is 2.76 bits per heavy atom. The van der Waals surface area contributed by atoms with Gasteiger partial charge in [-0.25, -0.2) is 4.39 Å². The van der Waals surface area contributed by atoms with Gasteiger partial charge < -0.3 is 10.7 Å². The van der Waals surface area contributed by atoms with Gasteiger partial charge in [-0.1, -0.05) is 36.0 Å². The number of aromatic amines is 1. The van der Waals surface area contributed by atoms with Crippen LogP contribution in [-0.2, 0) is 6.42 Å². The summed E-state index contributed by atoms with van der Waals surface area (Å²) in [7, 11) is 0. The van der Waals surface area contributed by atoms with Gasteiger partial charge in [-0.05, 0) is 37.6 Å². The number of H-pyrrole nitrogens is 1. The number of nitrogens with two attached hydrogens (primary N) is 1. The highest BCUT2D eigenvalue weighted by Gasteiger charge is 2.12. The predicted molar refractivity (Wildman–Crippen MR) is 86.2 cm³/mol. The SMILES string of the molecule is CC(N)Cc1c(F)cccc1Sc1cc2ccccc2[nH]1. The molecule has 0 aliphatic carbocycles. The summed E-state index contributed by atoms with van der Waals surface area (Å²) in [5, 5.41) is 2.16. The number of rotatable bonds is 4. The van der Waals surface area contributed by atoms with Gasteiger partial charge in [0.05, 0.1) is 5.03 Å². The maximum absolute atomic E-state index is 14.0. The van der Waals surface area contributed by atoms with Crippen LogP contribution in [0.15, 0.2) is 58.5 Å². The van der Waals surface area contributed by atoms with E-state index in [0.717, 1.165) is 20.8 Å². The number of hydrogen-bond acceptors (Lipinski definition) is 2. The molecule has 2 nitrogen and oxygen atoms in total. The third kappa shape index (κ3) is 3.12. The largest absolute Gasteiger partial charge is 0.349 e. The van der Waals surface area contributed by atoms with Crippen LogP contribution in [0.25, 0.3) is 10.9 Å². The number of hydrogen-bond donors (Lipinski definition) is 2. The minimum Gasteiger partial charge on any atom is -0.349 e. The number of fused-ring (bicyclic) bond motifs is 1. The lowest BCUT2D eigenvalue weighted by atomic mass is 10.1. The van der Waals surface area contributed by atoms with Crippen LogP contribution in [0, 0.1) is 5.82 Å². The average Bonchev–Trinajstić information content (AvgIpc) is 2.84. The molecule has 3 rings (SSSR count). The van der Waals surface area contributed by atoms with E-state index in [-0.39, 0.29) is 11.9 Å². The lowest BCUT2D eigenvalue weighted by molar-refractivity contribution is 0.588. The fourth-order valence-corrected chi connectivity index (χ4v) is 3.41. The molecule has 108 valence electrons. The second kappa shape index (κ2) is 5.92. The Hall–Kier alpha value is -1.78. The summed E-state index contributed by atoms with van der Waals surface area (Å²) in [5.41, 5.74) is 7.61. The minimum atomic E-state index is -0.187. The lowest BCUT2D eigenvalue weighted by Crippen LogP contribution is -2.19. The Morgan fingerprint density at radius 2 is 2.00 bits per heavy atom. The molecule has 0 fully saturated rings. The van der Waals surface area contributed by atoms with Gasteiger partial charge in [-0.3, -0.25) is 0 Å². The van der Waals surface area contributed by atoms with E-state index in [0.29, 0.717) is 12.0 Å². The standard InChI is InChI=1S/C17H17FN2S/c1-11(19)9-13-14(18)6-4-8-16(13)21-17-10-12-5-2-3-7-15(12)20-17/h2-8,10-11,20H,9,19H2,1H3. The second-order valence-corrected chi connectivity index (χ2v) is 6.30. The summed E-state index contributed by atoms with van der Waals surface area (Å²) >= 11 is 1.54. The summed E-state index contributed by atoms with van der Waals surface area (Å²) in [4.78, 5) is 4.27. The van der Waals surface area contributed by atoms with Crippen molar-refractivity contribution in [2.24, 2.45) is 5.73 Å². The zero-order valence-electron chi connectivity index (χ0n) is 11.8. The van der Waals surface area contributed by atoms with Crippen molar-refractivity contribution in [2.45, 2.75) is 29.3 Å². The molecule has 3 aromatic rings. The molecule has 21 heavy (non-hydrogen) atoms. The van der Waals surface area contributed by atoms with Crippen molar-refractivity contribution in [1.82, 2.24) is 4.98 Å². The van der Waals surface area contributed by atoms with Crippen LogP contribution >= 0.6 is 11.8 Å². The van der Waals surface area contributed by atoms with Gasteiger partial charge in [0.2, 0.25) is 0 Å². The fraction of sp³-hybridized carbons (Fsp3) is 0.176. The van der Waals surface area contributed by atoms with Crippen molar-refractivity contribution in [3.05, 3.63) is 59.9 Å². The average molecular weight is 300 g/mol. The first-order valence-corrected chi connectivity index (χ1v) is 7.73. The van der Waals surface area contributed by atoms with Crippen LogP contribution in [0.5, 0.6) is 0 Å². The summed E-state index contributed by atoms with van der Waals surface area (Å²) in [6.45, 7) is 1.89. The summed E-state index contributed by atoms with van der Waals surface area (Å²) < 4.78 is 14.0. The zero-order chi connectivity index (χ0) is 14.8. The molecule has 0 amide bonds. The van der Waals surface area contributed by atoms with Gasteiger partial charge in [0.1, 0.15) is 5.82 Å². The number of para-hydroxylation sites is 1. The Labute approximate surface area is 127 Å². The molecule has 0 saturated heterocycles. The van der Waals surface area contributed by atoms with Gasteiger partial charge in [0.25, 0.3) is 0 Å². The third-order valence-electron chi connectivity index (χ3n) is 3.33. The Morgan fingerprint density at radius 1 is 1.19 bits per heavy atom. The van der Waals surface area contributed by atoms with Crippen LogP contribution < -0.4 is 5.73 Å². The molecule has 0 spiro atoms. The Bertz CT molecular complexity index is 731. The number of halogens is 1. The van der Waals surface area contributed by atoms with Gasteiger partial charge in [0.15, 0.2) is 0 Å². The topological polar surface area (TPSA) is 41.8 Å². The van der Waals surface area contributed by atoms with E-state index in [1.54, 1.807) is 17.8 Å². The molecule has 1 unspecified atom stereocenters. The molecular formula is C17H17FN2S. The molecule has 0 aliphatic heterocycles. The van der Waals surface area contributed by atoms with Gasteiger partial charge >= 0.3 is 0 Å². The quantitative estimate of drug-likeness (QED) is 0.752. The van der Waals surface area contributed by atoms with E-state index < -0.39 is 0 Å². The van der Waals surface area contributed by atoms with Crippen LogP contribution in [-0.4, -0.2) is 11.0 Å². The highest BCUT2D eigenvalue weighted by Crippen LogP contribution is 2.33. The molecule has 2 aromatic carbocycles. The molecule has 1 atom stereocenters. The zero-order valence-corrected chi connectivity index (χ0v) is 12.6. The number of benzene rings is 2. The lowest BCUT2D eigenvalue weighted by Gasteiger charge is -2.11. The van der Waals surface area contributed by atoms with Gasteiger partial charge in [0, 0.05) is 27.4 Å². The van der Waals surface area contributed by atoms with Crippen LogP contribution in [0.2, 0.25) is 0 Å². The molecule has 3 N–H and O–H groups in total. The van der Waals surface area contributed by atoms with E-state index in [4.69, 9.17) is 5.73 Å². The summed E-state index contributed by atoms with van der Waals surface area (Å²) in [6, 6.07) is 15.3. The third-order valence-corrected chi connectivity index (χ3v) is 4.37. The summed E-state index contributed by atoms with van der Waals surface area (Å²) in [5.74, 6) is -0.187. The maximum Gasteiger partial charge on any atom is 0.127 e. The van der Waals surface area contributed by atoms with Crippen molar-refractivity contribution in [3.8, 4) is 0 Å². The monoisotopic (exact) mass is 300 g/mol. The molecule has 0 saturated carbocycles. The first-order valence-electron chi connectivity index (χ1n) is 6.92. The smallest absolute Gasteiger partial charge is 0.127 e.